The second-order valence-electron chi connectivity index (χ2n) is 1.78. The first-order chi connectivity index (χ1) is 5.10. The summed E-state index contributed by atoms with van der Waals surface area (Å²) in [6.07, 6.45) is -1.22. The predicted octanol–water partition coefficient (Wildman–Crippen LogP) is -1.08. The summed E-state index contributed by atoms with van der Waals surface area (Å²) in [6, 6.07) is 0. The smallest absolute Gasteiger partial charge is 0.377 e. The van der Waals surface area contributed by atoms with Crippen molar-refractivity contribution in [3.05, 3.63) is 0 Å². The molecular weight excluding hydrogens is 230 g/mol. The monoisotopic (exact) mass is 236 g/mol. The molecule has 0 fully saturated rings. The van der Waals surface area contributed by atoms with Crippen molar-refractivity contribution in [2.75, 3.05) is 6.16 Å². The first kappa shape index (κ1) is 12.2. The van der Waals surface area contributed by atoms with Crippen LogP contribution in [-0.2, 0) is 25.7 Å². The highest BCUT2D eigenvalue weighted by Gasteiger charge is 2.24. The van der Waals surface area contributed by atoms with Gasteiger partial charge in [0.05, 0.1) is 0 Å². The van der Waals surface area contributed by atoms with Gasteiger partial charge in [-0.1, -0.05) is 0 Å². The van der Waals surface area contributed by atoms with Gasteiger partial charge in [0.2, 0.25) is 0 Å². The molecule has 4 N–H and O–H groups in total. The summed E-state index contributed by atoms with van der Waals surface area (Å²) < 4.78 is 13.9. The Labute approximate surface area is 72.4 Å². The van der Waals surface area contributed by atoms with E-state index in [4.69, 9.17) is 19.6 Å². The Morgan fingerprint density at radius 2 is 1.75 bits per heavy atom. The minimum absolute atomic E-state index is 1.22. The predicted molar refractivity (Wildman–Crippen MR) is 41.7 cm³/mol. The van der Waals surface area contributed by atoms with Gasteiger partial charge in [0.25, 0.3) is 0 Å². The fraction of sp³-hybridized carbons (Fsp3) is 0.500. The molecule has 0 atom stereocenters. The van der Waals surface area contributed by atoms with Crippen LogP contribution in [0.3, 0.4) is 0 Å². The zero-order valence-electron chi connectivity index (χ0n) is 5.52. The van der Waals surface area contributed by atoms with E-state index in [0.717, 1.165) is 0 Å². The molecule has 0 aliphatic rings. The SMILES string of the molecule is O=C(CP(=O)(O)O)OP(O)(O)=S. The Morgan fingerprint density at radius 3 is 2.00 bits per heavy atom. The summed E-state index contributed by atoms with van der Waals surface area (Å²) in [5, 5.41) is 0. The first-order valence-corrected chi connectivity index (χ1v) is 6.85. The summed E-state index contributed by atoms with van der Waals surface area (Å²) in [6.45, 7) is -4.17. The van der Waals surface area contributed by atoms with Crippen LogP contribution < -0.4 is 0 Å². The average molecular weight is 236 g/mol. The number of rotatable bonds is 3. The van der Waals surface area contributed by atoms with E-state index in [2.05, 4.69) is 16.3 Å². The molecule has 0 rings (SSSR count). The Balaban J connectivity index is 4.10. The molecule has 0 saturated carbocycles. The van der Waals surface area contributed by atoms with Crippen LogP contribution in [0.15, 0.2) is 0 Å². The van der Waals surface area contributed by atoms with Gasteiger partial charge in [0.1, 0.15) is 6.16 Å². The van der Waals surface area contributed by atoms with Crippen LogP contribution in [0.4, 0.5) is 0 Å². The van der Waals surface area contributed by atoms with Crippen LogP contribution in [0, 0.1) is 0 Å². The van der Waals surface area contributed by atoms with Gasteiger partial charge in [-0.25, -0.2) is 0 Å². The van der Waals surface area contributed by atoms with Crippen molar-refractivity contribution in [3.8, 4) is 0 Å². The second kappa shape index (κ2) is 3.93. The van der Waals surface area contributed by atoms with E-state index in [1.807, 2.05) is 0 Å². The topological polar surface area (TPSA) is 124 Å². The van der Waals surface area contributed by atoms with Crippen LogP contribution in [0.2, 0.25) is 0 Å². The second-order valence-corrected chi connectivity index (χ2v) is 6.01. The van der Waals surface area contributed by atoms with E-state index in [1.54, 1.807) is 0 Å². The van der Waals surface area contributed by atoms with Gasteiger partial charge in [-0.2, -0.15) is 0 Å². The largest absolute Gasteiger partial charge is 0.391 e. The molecule has 0 aromatic heterocycles. The molecule has 0 aromatic rings. The maximum Gasteiger partial charge on any atom is 0.377 e. The van der Waals surface area contributed by atoms with Crippen molar-refractivity contribution in [1.82, 2.24) is 0 Å². The van der Waals surface area contributed by atoms with Gasteiger partial charge in [0.15, 0.2) is 0 Å². The van der Waals surface area contributed by atoms with Gasteiger partial charge in [-0.05, 0) is 0 Å². The average Bonchev–Trinajstić information content (AvgIpc) is 1.49. The molecule has 0 aliphatic heterocycles. The summed E-state index contributed by atoms with van der Waals surface area (Å²) in [7, 11) is -4.53. The van der Waals surface area contributed by atoms with Gasteiger partial charge in [0, 0.05) is 11.8 Å². The molecule has 0 aliphatic carbocycles. The minimum Gasteiger partial charge on any atom is -0.391 e. The zero-order chi connectivity index (χ0) is 9.99. The number of hydrogen-bond acceptors (Lipinski definition) is 4. The third kappa shape index (κ3) is 8.29. The Hall–Kier alpha value is 0.190. The highest BCUT2D eigenvalue weighted by atomic mass is 32.5. The molecule has 12 heavy (non-hydrogen) atoms. The Morgan fingerprint density at radius 1 is 1.33 bits per heavy atom. The summed E-state index contributed by atoms with van der Waals surface area (Å²) in [4.78, 5) is 43.6. The molecule has 7 nitrogen and oxygen atoms in total. The van der Waals surface area contributed by atoms with Gasteiger partial charge < -0.3 is 24.1 Å². The van der Waals surface area contributed by atoms with E-state index < -0.39 is 26.4 Å². The highest BCUT2D eigenvalue weighted by molar-refractivity contribution is 8.06. The molecule has 0 heterocycles. The summed E-state index contributed by atoms with van der Waals surface area (Å²) >= 11 is 3.88. The van der Waals surface area contributed by atoms with Crippen LogP contribution in [0.25, 0.3) is 0 Å². The van der Waals surface area contributed by atoms with Crippen LogP contribution >= 0.6 is 14.3 Å². The molecular formula is C2H6O7P2S. The number of hydrogen-bond donors (Lipinski definition) is 4. The fourth-order valence-electron chi connectivity index (χ4n) is 0.330. The van der Waals surface area contributed by atoms with Gasteiger partial charge in [-0.15, -0.1) is 0 Å². The summed E-state index contributed by atoms with van der Waals surface area (Å²) in [5.74, 6) is -1.43. The number of carbonyl (C=O) groups excluding carboxylic acids is 1. The third-order valence-electron chi connectivity index (χ3n) is 0.556. The highest BCUT2D eigenvalue weighted by Crippen LogP contribution is 2.40. The van der Waals surface area contributed by atoms with Crippen molar-refractivity contribution in [2.45, 2.75) is 0 Å². The van der Waals surface area contributed by atoms with E-state index in [-0.39, 0.29) is 0 Å². The molecule has 0 spiro atoms. The molecule has 10 heteroatoms. The fourth-order valence-corrected chi connectivity index (χ4v) is 1.41. The van der Waals surface area contributed by atoms with Crippen molar-refractivity contribution in [1.29, 1.82) is 0 Å². The van der Waals surface area contributed by atoms with Crippen LogP contribution in [0.5, 0.6) is 0 Å². The Bertz CT molecular complexity index is 235. The molecule has 0 bridgehead atoms. The molecule has 0 unspecified atom stereocenters. The van der Waals surface area contributed by atoms with E-state index >= 15 is 0 Å². The van der Waals surface area contributed by atoms with Crippen LogP contribution in [0.1, 0.15) is 0 Å². The van der Waals surface area contributed by atoms with E-state index in [1.165, 1.54) is 0 Å². The minimum atomic E-state index is -4.53. The summed E-state index contributed by atoms with van der Waals surface area (Å²) in [5.41, 5.74) is 0. The van der Waals surface area contributed by atoms with E-state index in [9.17, 15) is 9.36 Å². The lowest BCUT2D eigenvalue weighted by molar-refractivity contribution is -0.132. The lowest BCUT2D eigenvalue weighted by Gasteiger charge is -2.08. The Kier molecular flexibility index (Phi) is 3.99. The lowest BCUT2D eigenvalue weighted by Crippen LogP contribution is -2.07. The third-order valence-corrected chi connectivity index (χ3v) is 1.89. The van der Waals surface area contributed by atoms with Crippen molar-refractivity contribution in [2.24, 2.45) is 0 Å². The van der Waals surface area contributed by atoms with Crippen LogP contribution in [-0.4, -0.2) is 31.7 Å². The number of carbonyl (C=O) groups is 1. The zero-order valence-corrected chi connectivity index (χ0v) is 8.13. The molecule has 0 saturated heterocycles. The van der Waals surface area contributed by atoms with Crippen molar-refractivity contribution in [3.63, 3.8) is 0 Å². The van der Waals surface area contributed by atoms with Crippen molar-refractivity contribution >= 4 is 32.1 Å². The van der Waals surface area contributed by atoms with Gasteiger partial charge >= 0.3 is 20.3 Å². The maximum atomic E-state index is 10.4. The molecule has 0 aromatic carbocycles. The quantitative estimate of drug-likeness (QED) is 0.456. The van der Waals surface area contributed by atoms with Crippen molar-refractivity contribution < 1.29 is 33.5 Å². The normalized spacial score (nSPS) is 12.7. The maximum absolute atomic E-state index is 10.4. The van der Waals surface area contributed by atoms with Gasteiger partial charge in [-0.3, -0.25) is 9.36 Å². The molecule has 0 amide bonds. The molecule has 72 valence electrons. The standard InChI is InChI=1S/C2H6O7P2S/c3-2(1-10(4,5)6)9-11(7,8)12/h1H2,(H2,4,5,6)(H2,7,8,12). The first-order valence-electron chi connectivity index (χ1n) is 2.43. The molecule has 0 radical (unpaired) electrons. The lowest BCUT2D eigenvalue weighted by atomic mass is 10.8. The van der Waals surface area contributed by atoms with E-state index in [0.29, 0.717) is 0 Å².